The summed E-state index contributed by atoms with van der Waals surface area (Å²) in [5.41, 5.74) is 0.890. The smallest absolute Gasteiger partial charge is 0.173 e. The van der Waals surface area contributed by atoms with Gasteiger partial charge in [0.2, 0.25) is 0 Å². The number of nitrogens with one attached hydrogen (secondary N) is 1. The molecule has 0 aliphatic rings. The van der Waals surface area contributed by atoms with Crippen LogP contribution >= 0.6 is 12.4 Å². The van der Waals surface area contributed by atoms with E-state index in [4.69, 9.17) is 4.42 Å². The van der Waals surface area contributed by atoms with Gasteiger partial charge in [-0.25, -0.2) is 4.98 Å². The van der Waals surface area contributed by atoms with Crippen molar-refractivity contribution in [2.75, 3.05) is 0 Å². The minimum Gasteiger partial charge on any atom is -0.461 e. The Hall–Kier alpha value is -1.48. The highest BCUT2D eigenvalue weighted by Crippen LogP contribution is 2.15. The maximum Gasteiger partial charge on any atom is 0.173 e. The summed E-state index contributed by atoms with van der Waals surface area (Å²) >= 11 is 0. The zero-order valence-corrected chi connectivity index (χ0v) is 7.67. The van der Waals surface area contributed by atoms with E-state index in [0.29, 0.717) is 0 Å². The highest BCUT2D eigenvalue weighted by molar-refractivity contribution is 5.85. The van der Waals surface area contributed by atoms with Crippen LogP contribution in [0.5, 0.6) is 0 Å². The van der Waals surface area contributed by atoms with Crippen molar-refractivity contribution in [3.05, 3.63) is 36.9 Å². The van der Waals surface area contributed by atoms with E-state index >= 15 is 0 Å². The van der Waals surface area contributed by atoms with Gasteiger partial charge < -0.3 is 9.40 Å². The van der Waals surface area contributed by atoms with Gasteiger partial charge in [-0.3, -0.25) is 0 Å². The number of imidazole rings is 1. The van der Waals surface area contributed by atoms with Crippen LogP contribution in [0.2, 0.25) is 0 Å². The van der Waals surface area contributed by atoms with Crippen LogP contribution in [0.15, 0.2) is 35.6 Å². The maximum absolute atomic E-state index is 5.15. The summed E-state index contributed by atoms with van der Waals surface area (Å²) in [5, 5.41) is 0. The van der Waals surface area contributed by atoms with E-state index in [9.17, 15) is 0 Å². The van der Waals surface area contributed by atoms with Gasteiger partial charge in [-0.1, -0.05) is 6.58 Å². The molecule has 0 unspecified atom stereocenters. The maximum atomic E-state index is 5.15. The minimum absolute atomic E-state index is 0. The lowest BCUT2D eigenvalue weighted by Crippen LogP contribution is -1.75. The molecule has 0 aliphatic heterocycles. The molecule has 3 nitrogen and oxygen atoms in total. The summed E-state index contributed by atoms with van der Waals surface area (Å²) in [4.78, 5) is 7.15. The number of hydrogen-bond donors (Lipinski definition) is 1. The Labute approximate surface area is 81.9 Å². The van der Waals surface area contributed by atoms with Gasteiger partial charge in [0.1, 0.15) is 0 Å². The molecule has 2 rings (SSSR count). The first-order valence-electron chi connectivity index (χ1n) is 3.61. The molecular weight excluding hydrogens is 188 g/mol. The molecule has 0 aromatic carbocycles. The Morgan fingerprint density at radius 3 is 2.92 bits per heavy atom. The van der Waals surface area contributed by atoms with Crippen LogP contribution in [0.1, 0.15) is 5.69 Å². The van der Waals surface area contributed by atoms with Crippen LogP contribution in [-0.2, 0) is 0 Å². The van der Waals surface area contributed by atoms with Gasteiger partial charge in [-0.15, -0.1) is 12.4 Å². The van der Waals surface area contributed by atoms with Crippen LogP contribution in [-0.4, -0.2) is 9.97 Å². The molecule has 1 N–H and O–H groups in total. The highest BCUT2D eigenvalue weighted by atomic mass is 35.5. The van der Waals surface area contributed by atoms with Crippen LogP contribution in [0.25, 0.3) is 17.7 Å². The van der Waals surface area contributed by atoms with Gasteiger partial charge in [0.25, 0.3) is 0 Å². The van der Waals surface area contributed by atoms with Gasteiger partial charge in [0, 0.05) is 0 Å². The van der Waals surface area contributed by atoms with E-state index in [1.807, 2.05) is 12.1 Å². The number of H-pyrrole nitrogens is 1. The van der Waals surface area contributed by atoms with E-state index in [1.54, 1.807) is 18.5 Å². The largest absolute Gasteiger partial charge is 0.461 e. The molecule has 2 heterocycles. The highest BCUT2D eigenvalue weighted by Gasteiger charge is 2.02. The van der Waals surface area contributed by atoms with Crippen LogP contribution in [0, 0.1) is 0 Å². The Morgan fingerprint density at radius 1 is 1.54 bits per heavy atom. The van der Waals surface area contributed by atoms with Crippen molar-refractivity contribution in [3.8, 4) is 11.6 Å². The standard InChI is InChI=1S/C9H8N2O.ClH/c1-2-7-6-10-9(11-7)8-4-3-5-12-8;/h2-6H,1H2,(H,10,11);1H. The van der Waals surface area contributed by atoms with Crippen molar-refractivity contribution in [2.24, 2.45) is 0 Å². The lowest BCUT2D eigenvalue weighted by Gasteiger charge is -1.86. The Kier molecular flexibility index (Phi) is 2.93. The Balaban J connectivity index is 0.000000845. The number of halogens is 1. The SMILES string of the molecule is C=Cc1cnc(-c2ccco2)[nH]1.Cl. The third-order valence-corrected chi connectivity index (χ3v) is 1.57. The molecule has 68 valence electrons. The summed E-state index contributed by atoms with van der Waals surface area (Å²) in [6, 6.07) is 3.68. The zero-order valence-electron chi connectivity index (χ0n) is 6.86. The molecule has 0 amide bonds. The summed E-state index contributed by atoms with van der Waals surface area (Å²) < 4.78 is 5.15. The lowest BCUT2D eigenvalue weighted by molar-refractivity contribution is 0.578. The Bertz CT molecular complexity index is 378. The predicted octanol–water partition coefficient (Wildman–Crippen LogP) is 2.73. The molecule has 0 fully saturated rings. The van der Waals surface area contributed by atoms with Crippen molar-refractivity contribution in [1.82, 2.24) is 9.97 Å². The molecule has 0 saturated heterocycles. The van der Waals surface area contributed by atoms with Crippen molar-refractivity contribution in [2.45, 2.75) is 0 Å². The molecule has 2 aromatic rings. The number of rotatable bonds is 2. The van der Waals surface area contributed by atoms with Gasteiger partial charge in [-0.05, 0) is 18.2 Å². The van der Waals surface area contributed by atoms with Crippen molar-refractivity contribution in [1.29, 1.82) is 0 Å². The van der Waals surface area contributed by atoms with E-state index in [-0.39, 0.29) is 12.4 Å². The minimum atomic E-state index is 0. The molecule has 0 spiro atoms. The molecule has 0 radical (unpaired) electrons. The van der Waals surface area contributed by atoms with Gasteiger partial charge in [0.15, 0.2) is 11.6 Å². The third-order valence-electron chi connectivity index (χ3n) is 1.57. The zero-order chi connectivity index (χ0) is 8.39. The third kappa shape index (κ3) is 1.81. The predicted molar refractivity (Wildman–Crippen MR) is 53.6 cm³/mol. The monoisotopic (exact) mass is 196 g/mol. The summed E-state index contributed by atoms with van der Waals surface area (Å²) in [6.45, 7) is 3.62. The number of aromatic amines is 1. The molecule has 0 atom stereocenters. The number of nitrogens with zero attached hydrogens (tertiary/aromatic N) is 1. The first kappa shape index (κ1) is 9.61. The normalized spacial score (nSPS) is 9.23. The quantitative estimate of drug-likeness (QED) is 0.803. The van der Waals surface area contributed by atoms with Crippen molar-refractivity contribution < 1.29 is 4.42 Å². The first-order valence-corrected chi connectivity index (χ1v) is 3.61. The average molecular weight is 197 g/mol. The summed E-state index contributed by atoms with van der Waals surface area (Å²) in [5.74, 6) is 1.47. The summed E-state index contributed by atoms with van der Waals surface area (Å²) in [7, 11) is 0. The van der Waals surface area contributed by atoms with E-state index < -0.39 is 0 Å². The molecule has 0 bridgehead atoms. The van der Waals surface area contributed by atoms with E-state index in [2.05, 4.69) is 16.5 Å². The second-order valence-electron chi connectivity index (χ2n) is 2.37. The van der Waals surface area contributed by atoms with Crippen molar-refractivity contribution in [3.63, 3.8) is 0 Å². The van der Waals surface area contributed by atoms with Crippen LogP contribution in [0.4, 0.5) is 0 Å². The molecule has 13 heavy (non-hydrogen) atoms. The Morgan fingerprint density at radius 2 is 2.38 bits per heavy atom. The van der Waals surface area contributed by atoms with E-state index in [0.717, 1.165) is 17.3 Å². The molecular formula is C9H9ClN2O. The molecule has 0 aliphatic carbocycles. The van der Waals surface area contributed by atoms with Crippen LogP contribution in [0.3, 0.4) is 0 Å². The van der Waals surface area contributed by atoms with Crippen LogP contribution < -0.4 is 0 Å². The van der Waals surface area contributed by atoms with Crippen molar-refractivity contribution >= 4 is 18.5 Å². The fraction of sp³-hybridized carbons (Fsp3) is 0. The number of hydrogen-bond acceptors (Lipinski definition) is 2. The number of furan rings is 1. The van der Waals surface area contributed by atoms with Gasteiger partial charge >= 0.3 is 0 Å². The average Bonchev–Trinajstić information content (AvgIpc) is 2.75. The second kappa shape index (κ2) is 3.96. The topological polar surface area (TPSA) is 41.8 Å². The fourth-order valence-corrected chi connectivity index (χ4v) is 0.978. The number of aromatic nitrogens is 2. The van der Waals surface area contributed by atoms with Gasteiger partial charge in [-0.2, -0.15) is 0 Å². The first-order chi connectivity index (χ1) is 5.90. The molecule has 0 saturated carbocycles. The molecule has 4 heteroatoms. The molecule has 2 aromatic heterocycles. The van der Waals surface area contributed by atoms with Gasteiger partial charge in [0.05, 0.1) is 18.2 Å². The fourth-order valence-electron chi connectivity index (χ4n) is 0.978. The van der Waals surface area contributed by atoms with E-state index in [1.165, 1.54) is 0 Å². The second-order valence-corrected chi connectivity index (χ2v) is 2.37. The lowest BCUT2D eigenvalue weighted by atomic mass is 10.4. The summed E-state index contributed by atoms with van der Waals surface area (Å²) in [6.07, 6.45) is 5.04.